The summed E-state index contributed by atoms with van der Waals surface area (Å²) in [6.45, 7) is 0. The predicted octanol–water partition coefficient (Wildman–Crippen LogP) is 1.16. The van der Waals surface area contributed by atoms with Crippen molar-refractivity contribution in [1.82, 2.24) is 10.7 Å². The van der Waals surface area contributed by atoms with Crippen molar-refractivity contribution in [3.63, 3.8) is 0 Å². The zero-order valence-corrected chi connectivity index (χ0v) is 5.72. The third kappa shape index (κ3) is 1.25. The van der Waals surface area contributed by atoms with Crippen LogP contribution >= 0.6 is 11.6 Å². The van der Waals surface area contributed by atoms with E-state index in [0.29, 0.717) is 0 Å². The number of amides is 1. The van der Waals surface area contributed by atoms with Gasteiger partial charge in [0.25, 0.3) is 5.91 Å². The molecule has 1 rings (SSSR count). The van der Waals surface area contributed by atoms with Gasteiger partial charge < -0.3 is 0 Å². The van der Waals surface area contributed by atoms with Crippen LogP contribution in [0.5, 0.6) is 0 Å². The first-order valence-electron chi connectivity index (χ1n) is 2.58. The Balaban J connectivity index is 3.15. The number of nitrogens with one attached hydrogen (secondary N) is 1. The smallest absolute Gasteiger partial charge is 0.267 e. The topological polar surface area (TPSA) is 53.8 Å². The average molecular weight is 156 g/mol. The van der Waals surface area contributed by atoms with E-state index in [0.717, 1.165) is 0 Å². The van der Waals surface area contributed by atoms with Gasteiger partial charge in [-0.2, -0.15) is 0 Å². The number of pyridine rings is 1. The Bertz CT molecular complexity index is 262. The second-order valence-electron chi connectivity index (χ2n) is 1.67. The summed E-state index contributed by atoms with van der Waals surface area (Å²) in [6, 6.07) is 3.03. The second-order valence-corrected chi connectivity index (χ2v) is 2.03. The van der Waals surface area contributed by atoms with E-state index in [-0.39, 0.29) is 10.7 Å². The molecular formula is C6H4ClN2O. The van der Waals surface area contributed by atoms with Gasteiger partial charge in [-0.05, 0) is 12.1 Å². The maximum absolute atomic E-state index is 10.4. The molecule has 0 aromatic carbocycles. The fraction of sp³-hybridized carbons (Fsp3) is 0. The molecule has 0 atom stereocenters. The molecule has 0 bridgehead atoms. The average Bonchev–Trinajstić information content (AvgIpc) is 1.88. The third-order valence-corrected chi connectivity index (χ3v) is 1.30. The van der Waals surface area contributed by atoms with Crippen molar-refractivity contribution in [1.29, 1.82) is 0 Å². The molecule has 1 N–H and O–H groups in total. The van der Waals surface area contributed by atoms with E-state index in [1.165, 1.54) is 12.3 Å². The highest BCUT2D eigenvalue weighted by Crippen LogP contribution is 2.09. The minimum atomic E-state index is -0.807. The molecule has 0 aliphatic heterocycles. The maximum atomic E-state index is 10.4. The van der Waals surface area contributed by atoms with Crippen LogP contribution in [0, 0.1) is 0 Å². The van der Waals surface area contributed by atoms with Gasteiger partial charge in [0.2, 0.25) is 0 Å². The first-order valence-corrected chi connectivity index (χ1v) is 2.96. The minimum absolute atomic E-state index is 0.0856. The standard InChI is InChI=1S/C6H4ClN2O/c7-5-4(6(8)10)2-1-3-9-5/h1-3,8H. The van der Waals surface area contributed by atoms with Crippen LogP contribution in [0.1, 0.15) is 10.4 Å². The molecule has 1 radical (unpaired) electrons. The van der Waals surface area contributed by atoms with Crippen molar-refractivity contribution in [2.75, 3.05) is 0 Å². The molecule has 0 fully saturated rings. The summed E-state index contributed by atoms with van der Waals surface area (Å²) in [5, 5.41) is 0.0856. The lowest BCUT2D eigenvalue weighted by Gasteiger charge is -1.93. The van der Waals surface area contributed by atoms with Gasteiger partial charge >= 0.3 is 0 Å². The van der Waals surface area contributed by atoms with Crippen LogP contribution in [0.15, 0.2) is 18.3 Å². The van der Waals surface area contributed by atoms with Crippen LogP contribution in [-0.2, 0) is 0 Å². The SMILES string of the molecule is [NH]C(=O)c1cccnc1Cl. The monoisotopic (exact) mass is 155 g/mol. The van der Waals surface area contributed by atoms with E-state index < -0.39 is 5.91 Å². The Kier molecular flexibility index (Phi) is 1.87. The summed E-state index contributed by atoms with van der Waals surface area (Å²) < 4.78 is 0. The van der Waals surface area contributed by atoms with Crippen molar-refractivity contribution >= 4 is 17.5 Å². The molecule has 1 amide bonds. The van der Waals surface area contributed by atoms with Gasteiger partial charge in [-0.25, -0.2) is 4.98 Å². The molecule has 1 heterocycles. The van der Waals surface area contributed by atoms with Crippen LogP contribution in [-0.4, -0.2) is 10.9 Å². The molecule has 10 heavy (non-hydrogen) atoms. The maximum Gasteiger partial charge on any atom is 0.272 e. The fourth-order valence-electron chi connectivity index (χ4n) is 0.555. The van der Waals surface area contributed by atoms with Crippen LogP contribution in [0.4, 0.5) is 0 Å². The van der Waals surface area contributed by atoms with Crippen molar-refractivity contribution in [2.24, 2.45) is 0 Å². The lowest BCUT2D eigenvalue weighted by Crippen LogP contribution is -2.00. The Labute approximate surface area is 62.8 Å². The fourth-order valence-corrected chi connectivity index (χ4v) is 0.761. The molecule has 1 aromatic rings. The molecule has 0 unspecified atom stereocenters. The molecule has 0 spiro atoms. The molecule has 0 saturated carbocycles. The zero-order chi connectivity index (χ0) is 7.56. The lowest BCUT2D eigenvalue weighted by molar-refractivity contribution is 0.0992. The summed E-state index contributed by atoms with van der Waals surface area (Å²) in [6.07, 6.45) is 1.47. The first kappa shape index (κ1) is 7.02. The van der Waals surface area contributed by atoms with Gasteiger partial charge in [0.1, 0.15) is 5.15 Å². The third-order valence-electron chi connectivity index (χ3n) is 1.00. The van der Waals surface area contributed by atoms with Crippen LogP contribution < -0.4 is 5.73 Å². The van der Waals surface area contributed by atoms with Gasteiger partial charge in [-0.3, -0.25) is 10.5 Å². The van der Waals surface area contributed by atoms with Crippen molar-refractivity contribution in [3.8, 4) is 0 Å². The van der Waals surface area contributed by atoms with E-state index in [1.807, 2.05) is 0 Å². The van der Waals surface area contributed by atoms with Gasteiger partial charge in [-0.1, -0.05) is 11.6 Å². The summed E-state index contributed by atoms with van der Waals surface area (Å²) >= 11 is 5.47. The number of halogens is 1. The van der Waals surface area contributed by atoms with Crippen LogP contribution in [0.2, 0.25) is 5.15 Å². The van der Waals surface area contributed by atoms with E-state index in [4.69, 9.17) is 17.3 Å². The zero-order valence-electron chi connectivity index (χ0n) is 4.97. The van der Waals surface area contributed by atoms with Crippen molar-refractivity contribution in [2.45, 2.75) is 0 Å². The number of aromatic nitrogens is 1. The number of rotatable bonds is 1. The Morgan fingerprint density at radius 2 is 2.40 bits per heavy atom. The molecule has 4 heteroatoms. The number of carbonyl (C=O) groups is 1. The van der Waals surface area contributed by atoms with Crippen LogP contribution in [0.25, 0.3) is 0 Å². The highest BCUT2D eigenvalue weighted by molar-refractivity contribution is 6.32. The minimum Gasteiger partial charge on any atom is -0.267 e. The van der Waals surface area contributed by atoms with E-state index in [1.54, 1.807) is 6.07 Å². The largest absolute Gasteiger partial charge is 0.272 e. The van der Waals surface area contributed by atoms with E-state index >= 15 is 0 Å². The number of nitrogens with zero attached hydrogens (tertiary/aromatic N) is 1. The Morgan fingerprint density at radius 3 is 2.80 bits per heavy atom. The van der Waals surface area contributed by atoms with Gasteiger partial charge in [-0.15, -0.1) is 0 Å². The number of hydrogen-bond acceptors (Lipinski definition) is 2. The van der Waals surface area contributed by atoms with E-state index in [9.17, 15) is 4.79 Å². The van der Waals surface area contributed by atoms with Gasteiger partial charge in [0.15, 0.2) is 0 Å². The second kappa shape index (κ2) is 2.66. The van der Waals surface area contributed by atoms with Crippen molar-refractivity contribution in [3.05, 3.63) is 29.0 Å². The Hall–Kier alpha value is -1.09. The van der Waals surface area contributed by atoms with Crippen molar-refractivity contribution < 1.29 is 4.79 Å². The van der Waals surface area contributed by atoms with E-state index in [2.05, 4.69) is 4.98 Å². The molecule has 51 valence electrons. The molecular weight excluding hydrogens is 152 g/mol. The Morgan fingerprint density at radius 1 is 1.70 bits per heavy atom. The molecule has 0 aliphatic rings. The summed E-state index contributed by atoms with van der Waals surface area (Å²) in [5.41, 5.74) is 6.84. The molecule has 0 saturated heterocycles. The van der Waals surface area contributed by atoms with Crippen LogP contribution in [0.3, 0.4) is 0 Å². The molecule has 3 nitrogen and oxygen atoms in total. The highest BCUT2D eigenvalue weighted by atomic mass is 35.5. The quantitative estimate of drug-likeness (QED) is 0.572. The summed E-state index contributed by atoms with van der Waals surface area (Å²) in [5.74, 6) is -0.807. The number of hydrogen-bond donors (Lipinski definition) is 0. The predicted molar refractivity (Wildman–Crippen MR) is 36.7 cm³/mol. The lowest BCUT2D eigenvalue weighted by atomic mass is 10.3. The summed E-state index contributed by atoms with van der Waals surface area (Å²) in [7, 11) is 0. The normalized spacial score (nSPS) is 9.30. The van der Waals surface area contributed by atoms with Gasteiger partial charge in [0, 0.05) is 6.20 Å². The highest BCUT2D eigenvalue weighted by Gasteiger charge is 2.05. The summed E-state index contributed by atoms with van der Waals surface area (Å²) in [4.78, 5) is 14.0. The first-order chi connectivity index (χ1) is 4.72. The molecule has 0 aliphatic carbocycles. The molecule has 1 aromatic heterocycles. The number of carbonyl (C=O) groups excluding carboxylic acids is 1. The van der Waals surface area contributed by atoms with Gasteiger partial charge in [0.05, 0.1) is 5.56 Å².